The Morgan fingerprint density at radius 3 is 2.50 bits per heavy atom. The molecule has 1 aromatic heterocycles. The van der Waals surface area contributed by atoms with Gasteiger partial charge in [-0.1, -0.05) is 48.0 Å². The topological polar surface area (TPSA) is 50.2 Å². The monoisotopic (exact) mass is 283 g/mol. The zero-order valence-electron chi connectivity index (χ0n) is 10.4. The molecule has 3 aromatic rings. The molecule has 3 nitrogen and oxygen atoms in total. The summed E-state index contributed by atoms with van der Waals surface area (Å²) in [6, 6.07) is 16.1. The number of aromatic carboxylic acids is 1. The van der Waals surface area contributed by atoms with Gasteiger partial charge in [-0.15, -0.1) is 0 Å². The predicted octanol–water partition coefficient (Wildman–Crippen LogP) is 4.25. The van der Waals surface area contributed by atoms with E-state index in [1.807, 2.05) is 30.3 Å². The van der Waals surface area contributed by atoms with Crippen molar-refractivity contribution in [3.8, 4) is 11.3 Å². The molecule has 0 fully saturated rings. The number of aromatic nitrogens is 1. The van der Waals surface area contributed by atoms with E-state index in [0.29, 0.717) is 21.6 Å². The zero-order chi connectivity index (χ0) is 14.1. The first-order valence-corrected chi connectivity index (χ1v) is 6.42. The molecule has 1 N–H and O–H groups in total. The first kappa shape index (κ1) is 12.6. The SMILES string of the molecule is O=C(O)c1cc(-c2ccccc2)nc2cc(Cl)ccc12. The lowest BCUT2D eigenvalue weighted by Crippen LogP contribution is -2.00. The Morgan fingerprint density at radius 1 is 1.05 bits per heavy atom. The summed E-state index contributed by atoms with van der Waals surface area (Å²) in [5.41, 5.74) is 2.30. The normalized spacial score (nSPS) is 10.7. The molecule has 0 aliphatic carbocycles. The van der Waals surface area contributed by atoms with Crippen molar-refractivity contribution in [1.82, 2.24) is 4.98 Å². The number of hydrogen-bond donors (Lipinski definition) is 1. The molecule has 0 saturated carbocycles. The molecule has 20 heavy (non-hydrogen) atoms. The highest BCUT2D eigenvalue weighted by Gasteiger charge is 2.13. The molecule has 98 valence electrons. The van der Waals surface area contributed by atoms with Crippen molar-refractivity contribution in [2.75, 3.05) is 0 Å². The number of fused-ring (bicyclic) bond motifs is 1. The third-order valence-corrected chi connectivity index (χ3v) is 3.31. The fraction of sp³-hybridized carbons (Fsp3) is 0. The molecule has 0 saturated heterocycles. The molecule has 0 aliphatic rings. The van der Waals surface area contributed by atoms with Gasteiger partial charge in [-0.3, -0.25) is 0 Å². The predicted molar refractivity (Wildman–Crippen MR) is 79.1 cm³/mol. The Hall–Kier alpha value is -2.39. The number of benzene rings is 2. The number of rotatable bonds is 2. The maximum atomic E-state index is 11.4. The zero-order valence-corrected chi connectivity index (χ0v) is 11.1. The lowest BCUT2D eigenvalue weighted by atomic mass is 10.0. The quantitative estimate of drug-likeness (QED) is 0.765. The highest BCUT2D eigenvalue weighted by atomic mass is 35.5. The summed E-state index contributed by atoms with van der Waals surface area (Å²) < 4.78 is 0. The lowest BCUT2D eigenvalue weighted by molar-refractivity contribution is 0.0699. The van der Waals surface area contributed by atoms with Gasteiger partial charge in [0.2, 0.25) is 0 Å². The molecule has 3 rings (SSSR count). The van der Waals surface area contributed by atoms with Crippen LogP contribution in [0.5, 0.6) is 0 Å². The van der Waals surface area contributed by atoms with Gasteiger partial charge in [0, 0.05) is 16.0 Å². The number of hydrogen-bond acceptors (Lipinski definition) is 2. The minimum absolute atomic E-state index is 0.227. The van der Waals surface area contributed by atoms with Gasteiger partial charge in [0.25, 0.3) is 0 Å². The molecule has 0 unspecified atom stereocenters. The lowest BCUT2D eigenvalue weighted by Gasteiger charge is -2.07. The van der Waals surface area contributed by atoms with Crippen molar-refractivity contribution in [3.63, 3.8) is 0 Å². The van der Waals surface area contributed by atoms with Crippen LogP contribution in [0.25, 0.3) is 22.2 Å². The van der Waals surface area contributed by atoms with Gasteiger partial charge in [-0.25, -0.2) is 9.78 Å². The summed E-state index contributed by atoms with van der Waals surface area (Å²) in [7, 11) is 0. The summed E-state index contributed by atoms with van der Waals surface area (Å²) >= 11 is 5.96. The number of carbonyl (C=O) groups is 1. The summed E-state index contributed by atoms with van der Waals surface area (Å²) in [5, 5.41) is 10.5. The van der Waals surface area contributed by atoms with Crippen LogP contribution < -0.4 is 0 Å². The highest BCUT2D eigenvalue weighted by molar-refractivity contribution is 6.31. The van der Waals surface area contributed by atoms with Gasteiger partial charge in [-0.2, -0.15) is 0 Å². The number of nitrogens with zero attached hydrogens (tertiary/aromatic N) is 1. The minimum Gasteiger partial charge on any atom is -0.478 e. The first-order chi connectivity index (χ1) is 9.65. The van der Waals surface area contributed by atoms with Crippen LogP contribution in [0.3, 0.4) is 0 Å². The van der Waals surface area contributed by atoms with Crippen molar-refractivity contribution >= 4 is 28.5 Å². The molecule has 0 atom stereocenters. The molecular formula is C16H10ClNO2. The molecule has 0 bridgehead atoms. The van der Waals surface area contributed by atoms with E-state index in [-0.39, 0.29) is 5.56 Å². The average Bonchev–Trinajstić information content (AvgIpc) is 2.46. The van der Waals surface area contributed by atoms with E-state index >= 15 is 0 Å². The smallest absolute Gasteiger partial charge is 0.336 e. The third-order valence-electron chi connectivity index (χ3n) is 3.07. The van der Waals surface area contributed by atoms with Crippen molar-refractivity contribution in [3.05, 3.63) is 65.2 Å². The van der Waals surface area contributed by atoms with Crippen LogP contribution >= 0.6 is 11.6 Å². The van der Waals surface area contributed by atoms with E-state index in [4.69, 9.17) is 11.6 Å². The number of halogens is 1. The Morgan fingerprint density at radius 2 is 1.80 bits per heavy atom. The first-order valence-electron chi connectivity index (χ1n) is 6.04. The summed E-state index contributed by atoms with van der Waals surface area (Å²) in [5.74, 6) is -0.975. The van der Waals surface area contributed by atoms with Gasteiger partial charge >= 0.3 is 5.97 Å². The summed E-state index contributed by atoms with van der Waals surface area (Å²) in [6.07, 6.45) is 0. The van der Waals surface area contributed by atoms with E-state index in [2.05, 4.69) is 4.98 Å². The maximum absolute atomic E-state index is 11.4. The second-order valence-electron chi connectivity index (χ2n) is 4.39. The molecule has 0 aliphatic heterocycles. The highest BCUT2D eigenvalue weighted by Crippen LogP contribution is 2.26. The van der Waals surface area contributed by atoms with Gasteiger partial charge in [0.15, 0.2) is 0 Å². The number of carboxylic acids is 1. The Kier molecular flexibility index (Phi) is 3.12. The van der Waals surface area contributed by atoms with Crippen LogP contribution in [0.4, 0.5) is 0 Å². The van der Waals surface area contributed by atoms with Crippen LogP contribution in [0, 0.1) is 0 Å². The third kappa shape index (κ3) is 2.24. The Bertz CT molecular complexity index is 800. The van der Waals surface area contributed by atoms with Crippen LogP contribution in [0.2, 0.25) is 5.02 Å². The van der Waals surface area contributed by atoms with Crippen LogP contribution in [-0.4, -0.2) is 16.1 Å². The van der Waals surface area contributed by atoms with Gasteiger partial charge in [-0.05, 0) is 18.2 Å². The van der Waals surface area contributed by atoms with E-state index in [9.17, 15) is 9.90 Å². The number of carboxylic acid groups (broad SMARTS) is 1. The molecule has 0 amide bonds. The van der Waals surface area contributed by atoms with E-state index in [1.54, 1.807) is 24.3 Å². The van der Waals surface area contributed by atoms with Gasteiger partial charge in [0.05, 0.1) is 16.8 Å². The molecule has 0 spiro atoms. The van der Waals surface area contributed by atoms with E-state index in [0.717, 1.165) is 5.56 Å². The average molecular weight is 284 g/mol. The molecule has 4 heteroatoms. The van der Waals surface area contributed by atoms with Crippen LogP contribution in [0.15, 0.2) is 54.6 Å². The van der Waals surface area contributed by atoms with Crippen molar-refractivity contribution in [2.45, 2.75) is 0 Å². The second-order valence-corrected chi connectivity index (χ2v) is 4.82. The molecule has 1 heterocycles. The van der Waals surface area contributed by atoms with Crippen LogP contribution in [-0.2, 0) is 0 Å². The minimum atomic E-state index is -0.975. The largest absolute Gasteiger partial charge is 0.478 e. The summed E-state index contributed by atoms with van der Waals surface area (Å²) in [4.78, 5) is 15.9. The van der Waals surface area contributed by atoms with E-state index < -0.39 is 5.97 Å². The van der Waals surface area contributed by atoms with Crippen molar-refractivity contribution in [1.29, 1.82) is 0 Å². The van der Waals surface area contributed by atoms with Crippen LogP contribution in [0.1, 0.15) is 10.4 Å². The van der Waals surface area contributed by atoms with Crippen molar-refractivity contribution in [2.24, 2.45) is 0 Å². The fourth-order valence-electron chi connectivity index (χ4n) is 2.14. The molecular weight excluding hydrogens is 274 g/mol. The second kappa shape index (κ2) is 4.94. The standard InChI is InChI=1S/C16H10ClNO2/c17-11-6-7-12-13(16(19)20)9-14(18-15(12)8-11)10-4-2-1-3-5-10/h1-9H,(H,19,20). The molecule has 0 radical (unpaired) electrons. The van der Waals surface area contributed by atoms with Gasteiger partial charge in [0.1, 0.15) is 0 Å². The Labute approximate surface area is 120 Å². The van der Waals surface area contributed by atoms with Crippen molar-refractivity contribution < 1.29 is 9.90 Å². The Balaban J connectivity index is 2.32. The fourth-order valence-corrected chi connectivity index (χ4v) is 2.30. The van der Waals surface area contributed by atoms with Gasteiger partial charge < -0.3 is 5.11 Å². The summed E-state index contributed by atoms with van der Waals surface area (Å²) in [6.45, 7) is 0. The maximum Gasteiger partial charge on any atom is 0.336 e. The molecule has 2 aromatic carbocycles. The van der Waals surface area contributed by atoms with E-state index in [1.165, 1.54) is 0 Å². The number of pyridine rings is 1.